The van der Waals surface area contributed by atoms with Gasteiger partial charge >= 0.3 is 0 Å². The van der Waals surface area contributed by atoms with Gasteiger partial charge in [0.15, 0.2) is 9.84 Å². The number of likely N-dealkylation sites (N-methyl/N-ethyl adjacent to an activating group) is 1. The smallest absolute Gasteiger partial charge is 0.258 e. The molecule has 1 aromatic carbocycles. The van der Waals surface area contributed by atoms with Gasteiger partial charge in [-0.15, -0.1) is 0 Å². The van der Waals surface area contributed by atoms with Crippen LogP contribution in [0.3, 0.4) is 0 Å². The molecule has 1 aromatic heterocycles. The molecule has 2 aliphatic heterocycles. The number of piperazine rings is 1. The SMILES string of the molecule is Cc1cccc(-c2[nH]ncc2C(=O)N2CCN(C)[C@@H]3CS(=O)(=O)C[C@@H]32)c1. The lowest BCUT2D eigenvalue weighted by Crippen LogP contribution is -2.59. The number of carbonyl (C=O) groups excluding carboxylic acids is 1. The standard InChI is InChI=1S/C18H22N4O3S/c1-12-4-3-5-13(8-12)17-14(9-19-20-17)18(23)22-7-6-21(2)15-10-26(24,25)11-16(15)22/h3-5,8-9,15-16H,6-7,10-11H2,1-2H3,(H,19,20)/t15-,16+/m1/s1. The van der Waals surface area contributed by atoms with Gasteiger partial charge in [0, 0.05) is 24.7 Å². The van der Waals surface area contributed by atoms with Crippen molar-refractivity contribution in [1.82, 2.24) is 20.0 Å². The first-order chi connectivity index (χ1) is 12.4. The zero-order valence-corrected chi connectivity index (χ0v) is 15.7. The Morgan fingerprint density at radius 1 is 1.23 bits per heavy atom. The highest BCUT2D eigenvalue weighted by Gasteiger charge is 2.47. The largest absolute Gasteiger partial charge is 0.332 e. The summed E-state index contributed by atoms with van der Waals surface area (Å²) in [6.45, 7) is 3.18. The van der Waals surface area contributed by atoms with Crippen molar-refractivity contribution in [3.8, 4) is 11.3 Å². The van der Waals surface area contributed by atoms with Crippen molar-refractivity contribution in [2.45, 2.75) is 19.0 Å². The van der Waals surface area contributed by atoms with E-state index < -0.39 is 9.84 Å². The third-order valence-corrected chi connectivity index (χ3v) is 7.09. The van der Waals surface area contributed by atoms with Crippen molar-refractivity contribution in [1.29, 1.82) is 0 Å². The number of aromatic amines is 1. The van der Waals surface area contributed by atoms with Crippen molar-refractivity contribution in [3.05, 3.63) is 41.6 Å². The molecule has 0 saturated carbocycles. The summed E-state index contributed by atoms with van der Waals surface area (Å²) >= 11 is 0. The third kappa shape index (κ3) is 2.93. The second kappa shape index (κ2) is 6.21. The van der Waals surface area contributed by atoms with E-state index >= 15 is 0 Å². The maximum absolute atomic E-state index is 13.3. The Bertz CT molecular complexity index is 953. The molecular weight excluding hydrogens is 352 g/mol. The first-order valence-electron chi connectivity index (χ1n) is 8.68. The zero-order valence-electron chi connectivity index (χ0n) is 14.8. The lowest BCUT2D eigenvalue weighted by molar-refractivity contribution is 0.0410. The number of sulfone groups is 1. The average Bonchev–Trinajstić information content (AvgIpc) is 3.19. The fourth-order valence-electron chi connectivity index (χ4n) is 4.00. The molecule has 2 saturated heterocycles. The Morgan fingerprint density at radius 2 is 2.00 bits per heavy atom. The van der Waals surface area contributed by atoms with Crippen LogP contribution in [0.2, 0.25) is 0 Å². The van der Waals surface area contributed by atoms with Gasteiger partial charge in [0.05, 0.1) is 35.0 Å². The number of aryl methyl sites for hydroxylation is 1. The molecule has 0 radical (unpaired) electrons. The van der Waals surface area contributed by atoms with Gasteiger partial charge in [-0.1, -0.05) is 23.8 Å². The molecule has 1 amide bonds. The second-order valence-electron chi connectivity index (χ2n) is 7.22. The first kappa shape index (κ1) is 17.2. The molecule has 26 heavy (non-hydrogen) atoms. The number of nitrogens with one attached hydrogen (secondary N) is 1. The molecule has 0 bridgehead atoms. The fraction of sp³-hybridized carbons (Fsp3) is 0.444. The molecule has 0 aliphatic carbocycles. The van der Waals surface area contributed by atoms with E-state index in [1.54, 1.807) is 4.90 Å². The molecule has 1 N–H and O–H groups in total. The lowest BCUT2D eigenvalue weighted by atomic mass is 10.0. The number of nitrogens with zero attached hydrogens (tertiary/aromatic N) is 3. The fourth-order valence-corrected chi connectivity index (χ4v) is 6.06. The molecule has 2 fully saturated rings. The minimum atomic E-state index is -3.12. The Morgan fingerprint density at radius 3 is 2.77 bits per heavy atom. The summed E-state index contributed by atoms with van der Waals surface area (Å²) in [6.07, 6.45) is 1.54. The molecule has 7 nitrogen and oxygen atoms in total. The van der Waals surface area contributed by atoms with Gasteiger partial charge < -0.3 is 4.90 Å². The lowest BCUT2D eigenvalue weighted by Gasteiger charge is -2.42. The van der Waals surface area contributed by atoms with E-state index in [1.807, 2.05) is 38.2 Å². The number of H-pyrrole nitrogens is 1. The summed E-state index contributed by atoms with van der Waals surface area (Å²) in [5.41, 5.74) is 3.16. The summed E-state index contributed by atoms with van der Waals surface area (Å²) in [5, 5.41) is 7.00. The second-order valence-corrected chi connectivity index (χ2v) is 9.37. The highest BCUT2D eigenvalue weighted by Crippen LogP contribution is 2.29. The van der Waals surface area contributed by atoms with Crippen LogP contribution in [0.5, 0.6) is 0 Å². The monoisotopic (exact) mass is 374 g/mol. The van der Waals surface area contributed by atoms with E-state index in [4.69, 9.17) is 0 Å². The predicted molar refractivity (Wildman–Crippen MR) is 98.7 cm³/mol. The van der Waals surface area contributed by atoms with Gasteiger partial charge in [0.25, 0.3) is 5.91 Å². The van der Waals surface area contributed by atoms with Gasteiger partial charge in [-0.3, -0.25) is 14.8 Å². The van der Waals surface area contributed by atoms with E-state index in [1.165, 1.54) is 6.20 Å². The van der Waals surface area contributed by atoms with E-state index in [-0.39, 0.29) is 29.5 Å². The van der Waals surface area contributed by atoms with Crippen molar-refractivity contribution in [3.63, 3.8) is 0 Å². The summed E-state index contributed by atoms with van der Waals surface area (Å²) in [5.74, 6) is -0.00476. The van der Waals surface area contributed by atoms with Crippen LogP contribution in [0, 0.1) is 6.92 Å². The molecule has 3 heterocycles. The van der Waals surface area contributed by atoms with Crippen LogP contribution in [0.15, 0.2) is 30.5 Å². The van der Waals surface area contributed by atoms with Crippen LogP contribution in [-0.2, 0) is 9.84 Å². The minimum absolute atomic E-state index is 0.0331. The topological polar surface area (TPSA) is 86.4 Å². The van der Waals surface area contributed by atoms with Crippen LogP contribution in [-0.4, -0.2) is 78.0 Å². The zero-order chi connectivity index (χ0) is 18.5. The van der Waals surface area contributed by atoms with Gasteiger partial charge in [0.2, 0.25) is 0 Å². The highest BCUT2D eigenvalue weighted by atomic mass is 32.2. The number of hydrogen-bond acceptors (Lipinski definition) is 5. The van der Waals surface area contributed by atoms with Gasteiger partial charge in [-0.2, -0.15) is 5.10 Å². The van der Waals surface area contributed by atoms with Crippen molar-refractivity contribution >= 4 is 15.7 Å². The molecule has 0 unspecified atom stereocenters. The molecule has 2 aliphatic rings. The van der Waals surface area contributed by atoms with Crippen molar-refractivity contribution < 1.29 is 13.2 Å². The number of rotatable bonds is 2. The molecule has 8 heteroatoms. The van der Waals surface area contributed by atoms with Crippen molar-refractivity contribution in [2.75, 3.05) is 31.6 Å². The molecule has 0 spiro atoms. The first-order valence-corrected chi connectivity index (χ1v) is 10.5. The summed E-state index contributed by atoms with van der Waals surface area (Å²) in [7, 11) is -1.20. The Kier molecular flexibility index (Phi) is 4.11. The van der Waals surface area contributed by atoms with E-state index in [2.05, 4.69) is 15.1 Å². The summed E-state index contributed by atoms with van der Waals surface area (Å²) in [4.78, 5) is 17.0. The maximum atomic E-state index is 13.3. The predicted octanol–water partition coefficient (Wildman–Crippen LogP) is 0.938. The Labute approximate surface area is 152 Å². The van der Waals surface area contributed by atoms with E-state index in [9.17, 15) is 13.2 Å². The number of benzene rings is 1. The van der Waals surface area contributed by atoms with Crippen LogP contribution in [0.4, 0.5) is 0 Å². The van der Waals surface area contributed by atoms with Crippen LogP contribution >= 0.6 is 0 Å². The summed E-state index contributed by atoms with van der Waals surface area (Å²) < 4.78 is 24.3. The van der Waals surface area contributed by atoms with E-state index in [0.717, 1.165) is 11.1 Å². The molecule has 138 valence electrons. The molecule has 4 rings (SSSR count). The molecule has 2 atom stereocenters. The number of aromatic nitrogens is 2. The number of fused-ring (bicyclic) bond motifs is 1. The van der Waals surface area contributed by atoms with Gasteiger partial charge in [-0.05, 0) is 20.0 Å². The van der Waals surface area contributed by atoms with Crippen LogP contribution in [0.25, 0.3) is 11.3 Å². The molecular formula is C18H22N4O3S. The number of amides is 1. The van der Waals surface area contributed by atoms with Crippen LogP contribution in [0.1, 0.15) is 15.9 Å². The highest BCUT2D eigenvalue weighted by molar-refractivity contribution is 7.91. The normalized spacial score (nSPS) is 25.2. The third-order valence-electron chi connectivity index (χ3n) is 5.39. The molecule has 2 aromatic rings. The van der Waals surface area contributed by atoms with Crippen molar-refractivity contribution in [2.24, 2.45) is 0 Å². The van der Waals surface area contributed by atoms with Gasteiger partial charge in [0.1, 0.15) is 0 Å². The Hall–Kier alpha value is -2.19. The number of carbonyl (C=O) groups is 1. The van der Waals surface area contributed by atoms with E-state index in [0.29, 0.717) is 24.3 Å². The minimum Gasteiger partial charge on any atom is -0.332 e. The van der Waals surface area contributed by atoms with Crippen LogP contribution < -0.4 is 0 Å². The maximum Gasteiger partial charge on any atom is 0.258 e. The summed E-state index contributed by atoms with van der Waals surface area (Å²) in [6, 6.07) is 7.44. The average molecular weight is 374 g/mol. The quantitative estimate of drug-likeness (QED) is 0.845. The number of hydrogen-bond donors (Lipinski definition) is 1. The van der Waals surface area contributed by atoms with Gasteiger partial charge in [-0.25, -0.2) is 8.42 Å². The Balaban J connectivity index is 1.68.